The molecule has 1 unspecified atom stereocenters. The van der Waals surface area contributed by atoms with E-state index >= 15 is 0 Å². The minimum absolute atomic E-state index is 0.104. The predicted octanol–water partition coefficient (Wildman–Crippen LogP) is 0.966. The molecule has 1 atom stereocenters. The van der Waals surface area contributed by atoms with Crippen molar-refractivity contribution in [2.45, 2.75) is 19.4 Å². The molecule has 0 spiro atoms. The molecule has 1 fully saturated rings. The second kappa shape index (κ2) is 10.1. The van der Waals surface area contributed by atoms with E-state index in [1.165, 1.54) is 6.33 Å². The summed E-state index contributed by atoms with van der Waals surface area (Å²) in [7, 11) is 1.58. The number of morpholine rings is 1. The number of nitrogens with zero attached hydrogens (tertiary/aromatic N) is 4. The van der Waals surface area contributed by atoms with Crippen LogP contribution in [0.15, 0.2) is 6.33 Å². The molecule has 0 amide bonds. The number of ether oxygens (including phenoxy) is 2. The lowest BCUT2D eigenvalue weighted by atomic mass is 10.3. The van der Waals surface area contributed by atoms with Crippen LogP contribution in [-0.4, -0.2) is 78.9 Å². The number of anilines is 2. The predicted molar refractivity (Wildman–Crippen MR) is 94.0 cm³/mol. The van der Waals surface area contributed by atoms with Gasteiger partial charge in [-0.3, -0.25) is 15.0 Å². The average molecular weight is 354 g/mol. The van der Waals surface area contributed by atoms with E-state index in [0.717, 1.165) is 39.3 Å². The van der Waals surface area contributed by atoms with Crippen LogP contribution in [0.5, 0.6) is 0 Å². The maximum atomic E-state index is 11.5. The van der Waals surface area contributed by atoms with Gasteiger partial charge in [0.15, 0.2) is 0 Å². The van der Waals surface area contributed by atoms with Crippen molar-refractivity contribution in [2.75, 3.05) is 63.7 Å². The largest absolute Gasteiger partial charge is 0.383 e. The first-order valence-corrected chi connectivity index (χ1v) is 8.40. The Hall–Kier alpha value is -2.04. The van der Waals surface area contributed by atoms with Gasteiger partial charge in [-0.1, -0.05) is 0 Å². The van der Waals surface area contributed by atoms with Crippen molar-refractivity contribution in [3.05, 3.63) is 16.4 Å². The molecule has 10 heteroatoms. The number of aromatic nitrogens is 2. The molecule has 1 aliphatic heterocycles. The van der Waals surface area contributed by atoms with Gasteiger partial charge in [0, 0.05) is 32.8 Å². The van der Waals surface area contributed by atoms with E-state index in [1.54, 1.807) is 7.11 Å². The molecule has 0 aromatic carbocycles. The van der Waals surface area contributed by atoms with E-state index in [0.29, 0.717) is 13.2 Å². The summed E-state index contributed by atoms with van der Waals surface area (Å²) in [5.74, 6) is 0.425. The van der Waals surface area contributed by atoms with Gasteiger partial charge in [-0.2, -0.15) is 0 Å². The van der Waals surface area contributed by atoms with Crippen molar-refractivity contribution < 1.29 is 14.4 Å². The first-order chi connectivity index (χ1) is 12.1. The van der Waals surface area contributed by atoms with Crippen LogP contribution in [0.2, 0.25) is 0 Å². The second-order valence-corrected chi connectivity index (χ2v) is 5.91. The molecular weight excluding hydrogens is 328 g/mol. The van der Waals surface area contributed by atoms with Gasteiger partial charge in [-0.05, 0) is 19.9 Å². The van der Waals surface area contributed by atoms with Gasteiger partial charge in [0.2, 0.25) is 11.6 Å². The molecule has 1 saturated heterocycles. The van der Waals surface area contributed by atoms with E-state index in [-0.39, 0.29) is 23.4 Å². The molecule has 0 bridgehead atoms. The summed E-state index contributed by atoms with van der Waals surface area (Å²) in [5.41, 5.74) is -0.142. The summed E-state index contributed by atoms with van der Waals surface area (Å²) in [4.78, 5) is 21.3. The van der Waals surface area contributed by atoms with Crippen LogP contribution >= 0.6 is 0 Å². The number of methoxy groups -OCH3 is 1. The lowest BCUT2D eigenvalue weighted by Gasteiger charge is -2.26. The molecule has 2 N–H and O–H groups in total. The van der Waals surface area contributed by atoms with Crippen LogP contribution in [-0.2, 0) is 9.47 Å². The number of nitro groups is 1. The topological polar surface area (TPSA) is 115 Å². The highest BCUT2D eigenvalue weighted by Gasteiger charge is 2.23. The molecule has 2 heterocycles. The lowest BCUT2D eigenvalue weighted by Crippen LogP contribution is -2.37. The van der Waals surface area contributed by atoms with Crippen molar-refractivity contribution >= 4 is 17.3 Å². The standard InChI is InChI=1S/C15H26N6O4/c1-12(10-24-2)19-15-13(21(22)23)14(17-11-18-15)16-4-3-5-20-6-8-25-9-7-20/h11-12H,3-10H2,1-2H3,(H2,16,17,18,19). The van der Waals surface area contributed by atoms with Gasteiger partial charge in [0.1, 0.15) is 6.33 Å². The summed E-state index contributed by atoms with van der Waals surface area (Å²) in [6.07, 6.45) is 2.18. The van der Waals surface area contributed by atoms with Crippen molar-refractivity contribution in [1.82, 2.24) is 14.9 Å². The maximum Gasteiger partial charge on any atom is 0.353 e. The zero-order valence-corrected chi connectivity index (χ0v) is 14.7. The fourth-order valence-electron chi connectivity index (χ4n) is 2.65. The van der Waals surface area contributed by atoms with Crippen molar-refractivity contribution in [1.29, 1.82) is 0 Å². The summed E-state index contributed by atoms with van der Waals surface area (Å²) in [6.45, 7) is 7.19. The third-order valence-electron chi connectivity index (χ3n) is 3.85. The lowest BCUT2D eigenvalue weighted by molar-refractivity contribution is -0.383. The summed E-state index contributed by atoms with van der Waals surface area (Å²) in [5, 5.41) is 17.5. The number of rotatable bonds is 10. The van der Waals surface area contributed by atoms with Gasteiger partial charge in [-0.15, -0.1) is 0 Å². The molecule has 10 nitrogen and oxygen atoms in total. The van der Waals surface area contributed by atoms with Crippen LogP contribution in [0.1, 0.15) is 13.3 Å². The van der Waals surface area contributed by atoms with Gasteiger partial charge >= 0.3 is 5.69 Å². The van der Waals surface area contributed by atoms with E-state index < -0.39 is 4.92 Å². The zero-order valence-electron chi connectivity index (χ0n) is 14.7. The minimum atomic E-state index is -0.466. The Morgan fingerprint density at radius 1 is 1.40 bits per heavy atom. The average Bonchev–Trinajstić information content (AvgIpc) is 2.59. The van der Waals surface area contributed by atoms with Crippen LogP contribution in [0.4, 0.5) is 17.3 Å². The third-order valence-corrected chi connectivity index (χ3v) is 3.85. The molecule has 1 aromatic rings. The summed E-state index contributed by atoms with van der Waals surface area (Å²) < 4.78 is 10.4. The van der Waals surface area contributed by atoms with Gasteiger partial charge in [-0.25, -0.2) is 9.97 Å². The van der Waals surface area contributed by atoms with E-state index in [2.05, 4.69) is 25.5 Å². The highest BCUT2D eigenvalue weighted by Crippen LogP contribution is 2.29. The van der Waals surface area contributed by atoms with Crippen LogP contribution in [0.25, 0.3) is 0 Å². The molecule has 0 saturated carbocycles. The monoisotopic (exact) mass is 354 g/mol. The molecule has 1 aliphatic rings. The highest BCUT2D eigenvalue weighted by atomic mass is 16.6. The maximum absolute atomic E-state index is 11.5. The number of nitrogens with one attached hydrogen (secondary N) is 2. The van der Waals surface area contributed by atoms with Crippen molar-refractivity contribution in [3.63, 3.8) is 0 Å². The first kappa shape index (κ1) is 19.3. The van der Waals surface area contributed by atoms with Gasteiger partial charge < -0.3 is 20.1 Å². The first-order valence-electron chi connectivity index (χ1n) is 8.40. The SMILES string of the molecule is COCC(C)Nc1ncnc(NCCCN2CCOCC2)c1[N+](=O)[O-]. The van der Waals surface area contributed by atoms with Crippen LogP contribution in [0.3, 0.4) is 0 Å². The van der Waals surface area contributed by atoms with E-state index in [9.17, 15) is 10.1 Å². The minimum Gasteiger partial charge on any atom is -0.383 e. The highest BCUT2D eigenvalue weighted by molar-refractivity contribution is 5.69. The Kier molecular flexibility index (Phi) is 7.76. The second-order valence-electron chi connectivity index (χ2n) is 5.91. The Balaban J connectivity index is 1.93. The molecule has 0 radical (unpaired) electrons. The van der Waals surface area contributed by atoms with Crippen LogP contribution in [0, 0.1) is 10.1 Å². The van der Waals surface area contributed by atoms with Gasteiger partial charge in [0.05, 0.1) is 24.7 Å². The summed E-state index contributed by atoms with van der Waals surface area (Å²) in [6, 6.07) is -0.104. The Labute approximate surface area is 147 Å². The smallest absolute Gasteiger partial charge is 0.353 e. The Bertz CT molecular complexity index is 553. The van der Waals surface area contributed by atoms with E-state index in [4.69, 9.17) is 9.47 Å². The third kappa shape index (κ3) is 6.07. The van der Waals surface area contributed by atoms with Crippen molar-refractivity contribution in [3.8, 4) is 0 Å². The van der Waals surface area contributed by atoms with Crippen molar-refractivity contribution in [2.24, 2.45) is 0 Å². The Morgan fingerprint density at radius 2 is 2.12 bits per heavy atom. The van der Waals surface area contributed by atoms with Gasteiger partial charge in [0.25, 0.3) is 0 Å². The molecular formula is C15H26N6O4. The number of hydrogen-bond donors (Lipinski definition) is 2. The molecule has 0 aliphatic carbocycles. The molecule has 2 rings (SSSR count). The Morgan fingerprint density at radius 3 is 2.80 bits per heavy atom. The normalized spacial score (nSPS) is 16.4. The fraction of sp³-hybridized carbons (Fsp3) is 0.733. The zero-order chi connectivity index (χ0) is 18.1. The molecule has 140 valence electrons. The summed E-state index contributed by atoms with van der Waals surface area (Å²) >= 11 is 0. The van der Waals surface area contributed by atoms with E-state index in [1.807, 2.05) is 6.92 Å². The fourth-order valence-corrected chi connectivity index (χ4v) is 2.65. The molecule has 25 heavy (non-hydrogen) atoms. The quantitative estimate of drug-likeness (QED) is 0.360. The number of hydrogen-bond acceptors (Lipinski definition) is 9. The van der Waals surface area contributed by atoms with Crippen LogP contribution < -0.4 is 10.6 Å². The molecule has 1 aromatic heterocycles.